The normalized spacial score (nSPS) is 14.8. The molecule has 1 N–H and O–H groups in total. The number of hydrazone groups is 1. The molecule has 0 saturated heterocycles. The van der Waals surface area contributed by atoms with Crippen LogP contribution in [0.4, 0.5) is 0 Å². The van der Waals surface area contributed by atoms with Gasteiger partial charge in [0.2, 0.25) is 6.41 Å². The van der Waals surface area contributed by atoms with Gasteiger partial charge in [-0.05, 0) is 31.2 Å². The van der Waals surface area contributed by atoms with Gasteiger partial charge in [-0.2, -0.15) is 5.10 Å². The Labute approximate surface area is 123 Å². The summed E-state index contributed by atoms with van der Waals surface area (Å²) in [4.78, 5) is 10.4. The lowest BCUT2D eigenvalue weighted by Gasteiger charge is -2.21. The number of carbonyl (C=O) groups excluding carboxylic acids is 1. The number of allylic oxidation sites excluding steroid dienone is 3. The number of benzene rings is 1. The van der Waals surface area contributed by atoms with Crippen molar-refractivity contribution in [1.29, 1.82) is 0 Å². The van der Waals surface area contributed by atoms with Crippen LogP contribution in [0.2, 0.25) is 0 Å². The quantitative estimate of drug-likeness (QED) is 0.844. The molecular formula is C16H17N3O2. The second-order valence-electron chi connectivity index (χ2n) is 4.46. The molecule has 1 heterocycles. The average Bonchev–Trinajstić information content (AvgIpc) is 2.50. The molecule has 0 aromatic heterocycles. The van der Waals surface area contributed by atoms with Crippen molar-refractivity contribution in [3.05, 3.63) is 66.2 Å². The minimum absolute atomic E-state index is 0.626. The van der Waals surface area contributed by atoms with E-state index in [4.69, 9.17) is 4.74 Å². The summed E-state index contributed by atoms with van der Waals surface area (Å²) < 4.78 is 5.22. The van der Waals surface area contributed by atoms with Crippen LogP contribution < -0.4 is 10.1 Å². The number of hydrogen-bond acceptors (Lipinski definition) is 4. The summed E-state index contributed by atoms with van der Waals surface area (Å²) in [6.07, 6.45) is 6.10. The van der Waals surface area contributed by atoms with Crippen LogP contribution in [-0.2, 0) is 4.79 Å². The number of ether oxygens (including phenoxy) is 1. The molecule has 0 aliphatic carbocycles. The topological polar surface area (TPSA) is 53.9 Å². The van der Waals surface area contributed by atoms with Crippen molar-refractivity contribution < 1.29 is 9.53 Å². The number of methoxy groups -OCH3 is 1. The minimum Gasteiger partial charge on any atom is -0.497 e. The summed E-state index contributed by atoms with van der Waals surface area (Å²) in [7, 11) is 1.63. The third-order valence-electron chi connectivity index (χ3n) is 2.91. The van der Waals surface area contributed by atoms with Gasteiger partial charge in [-0.15, -0.1) is 0 Å². The van der Waals surface area contributed by atoms with Gasteiger partial charge < -0.3 is 10.1 Å². The van der Waals surface area contributed by atoms with E-state index in [1.54, 1.807) is 25.2 Å². The van der Waals surface area contributed by atoms with Gasteiger partial charge in [0.1, 0.15) is 5.75 Å². The summed E-state index contributed by atoms with van der Waals surface area (Å²) in [6.45, 7) is 5.70. The Kier molecular flexibility index (Phi) is 4.56. The van der Waals surface area contributed by atoms with Crippen molar-refractivity contribution in [1.82, 2.24) is 10.3 Å². The van der Waals surface area contributed by atoms with E-state index >= 15 is 0 Å². The highest BCUT2D eigenvalue weighted by Gasteiger charge is 2.11. The largest absolute Gasteiger partial charge is 0.497 e. The third-order valence-corrected chi connectivity index (χ3v) is 2.91. The molecule has 0 bridgehead atoms. The highest BCUT2D eigenvalue weighted by Crippen LogP contribution is 2.19. The maximum Gasteiger partial charge on any atom is 0.211 e. The molecule has 1 aromatic carbocycles. The number of carbonyl (C=O) groups is 1. The van der Waals surface area contributed by atoms with E-state index in [0.717, 1.165) is 17.0 Å². The lowest BCUT2D eigenvalue weighted by molar-refractivity contribution is -0.108. The van der Waals surface area contributed by atoms with E-state index in [0.29, 0.717) is 17.8 Å². The molecule has 5 nitrogen and oxygen atoms in total. The minimum atomic E-state index is 0.626. The van der Waals surface area contributed by atoms with E-state index in [9.17, 15) is 4.79 Å². The molecule has 0 unspecified atom stereocenters. The maximum absolute atomic E-state index is 10.4. The molecule has 1 aromatic rings. The predicted molar refractivity (Wildman–Crippen MR) is 82.6 cm³/mol. The molecule has 0 atom stereocenters. The lowest BCUT2D eigenvalue weighted by atomic mass is 10.1. The van der Waals surface area contributed by atoms with E-state index in [1.165, 1.54) is 0 Å². The van der Waals surface area contributed by atoms with Gasteiger partial charge in [0.15, 0.2) is 0 Å². The van der Waals surface area contributed by atoms with Gasteiger partial charge in [-0.3, -0.25) is 4.79 Å². The summed E-state index contributed by atoms with van der Waals surface area (Å²) in [6, 6.07) is 7.66. The van der Waals surface area contributed by atoms with Crippen molar-refractivity contribution >= 4 is 12.1 Å². The fourth-order valence-electron chi connectivity index (χ4n) is 1.83. The molecule has 1 amide bonds. The van der Waals surface area contributed by atoms with E-state index in [2.05, 4.69) is 17.0 Å². The van der Waals surface area contributed by atoms with Crippen LogP contribution in [-0.4, -0.2) is 24.2 Å². The first kappa shape index (κ1) is 14.6. The molecule has 2 rings (SSSR count). The standard InChI is InChI=1S/C16H17N3O2/c1-12(17-11-20)10-19-13(2)7-8-16(18-19)14-5-4-6-15(9-14)21-3/h4-11H,2H2,1,3H3,(H,17,20)/b12-10+. The highest BCUT2D eigenvalue weighted by molar-refractivity contribution is 6.09. The third kappa shape index (κ3) is 3.60. The van der Waals surface area contributed by atoms with Crippen LogP contribution in [0.1, 0.15) is 12.5 Å². The zero-order valence-corrected chi connectivity index (χ0v) is 12.0. The Balaban J connectivity index is 2.31. The lowest BCUT2D eigenvalue weighted by Crippen LogP contribution is -2.18. The van der Waals surface area contributed by atoms with Crippen molar-refractivity contribution in [3.8, 4) is 5.75 Å². The summed E-state index contributed by atoms with van der Waals surface area (Å²) >= 11 is 0. The van der Waals surface area contributed by atoms with Crippen molar-refractivity contribution in [2.75, 3.05) is 7.11 Å². The highest BCUT2D eigenvalue weighted by atomic mass is 16.5. The molecule has 21 heavy (non-hydrogen) atoms. The van der Waals surface area contributed by atoms with E-state index in [1.807, 2.05) is 36.4 Å². The Hall–Kier alpha value is -2.82. The fourth-order valence-corrected chi connectivity index (χ4v) is 1.83. The zero-order valence-electron chi connectivity index (χ0n) is 12.0. The summed E-state index contributed by atoms with van der Waals surface area (Å²) in [5.74, 6) is 0.772. The predicted octanol–water partition coefficient (Wildman–Crippen LogP) is 2.39. The number of nitrogens with zero attached hydrogens (tertiary/aromatic N) is 2. The number of rotatable bonds is 5. The van der Waals surface area contributed by atoms with Crippen LogP contribution in [0, 0.1) is 0 Å². The molecule has 108 valence electrons. The van der Waals surface area contributed by atoms with Crippen molar-refractivity contribution in [2.24, 2.45) is 5.10 Å². The SMILES string of the molecule is C=C1C=CC(c2cccc(OC)c2)=NN1/C=C(\C)NC=O. The fraction of sp³-hybridized carbons (Fsp3) is 0.125. The molecular weight excluding hydrogens is 266 g/mol. The Morgan fingerprint density at radius 1 is 1.43 bits per heavy atom. The van der Waals surface area contributed by atoms with Gasteiger partial charge in [0.05, 0.1) is 18.5 Å². The number of nitrogens with one attached hydrogen (secondary N) is 1. The number of amides is 1. The second-order valence-corrected chi connectivity index (χ2v) is 4.46. The molecule has 0 fully saturated rings. The monoisotopic (exact) mass is 283 g/mol. The molecule has 0 saturated carbocycles. The first-order valence-electron chi connectivity index (χ1n) is 6.42. The van der Waals surface area contributed by atoms with Crippen LogP contribution in [0.25, 0.3) is 0 Å². The van der Waals surface area contributed by atoms with Gasteiger partial charge >= 0.3 is 0 Å². The van der Waals surface area contributed by atoms with Crippen LogP contribution >= 0.6 is 0 Å². The van der Waals surface area contributed by atoms with Crippen LogP contribution in [0.3, 0.4) is 0 Å². The van der Waals surface area contributed by atoms with Gasteiger partial charge in [-0.25, -0.2) is 5.01 Å². The summed E-state index contributed by atoms with van der Waals surface area (Å²) in [5.41, 5.74) is 3.12. The van der Waals surface area contributed by atoms with Crippen LogP contribution in [0.5, 0.6) is 5.75 Å². The zero-order chi connectivity index (χ0) is 15.2. The van der Waals surface area contributed by atoms with Gasteiger partial charge in [0, 0.05) is 17.5 Å². The molecule has 0 spiro atoms. The Morgan fingerprint density at radius 2 is 2.24 bits per heavy atom. The van der Waals surface area contributed by atoms with Crippen molar-refractivity contribution in [2.45, 2.75) is 6.92 Å². The van der Waals surface area contributed by atoms with E-state index in [-0.39, 0.29) is 0 Å². The van der Waals surface area contributed by atoms with E-state index < -0.39 is 0 Å². The second kappa shape index (κ2) is 6.56. The first-order valence-corrected chi connectivity index (χ1v) is 6.42. The molecule has 1 aliphatic heterocycles. The maximum atomic E-state index is 10.4. The van der Waals surface area contributed by atoms with Gasteiger partial charge in [0.25, 0.3) is 0 Å². The molecule has 0 radical (unpaired) electrons. The number of hydrogen-bond donors (Lipinski definition) is 1. The van der Waals surface area contributed by atoms with Crippen molar-refractivity contribution in [3.63, 3.8) is 0 Å². The summed E-state index contributed by atoms with van der Waals surface area (Å²) in [5, 5.41) is 8.70. The average molecular weight is 283 g/mol. The Morgan fingerprint density at radius 3 is 2.95 bits per heavy atom. The molecule has 5 heteroatoms. The van der Waals surface area contributed by atoms with Crippen LogP contribution in [0.15, 0.2) is 65.7 Å². The van der Waals surface area contributed by atoms with Gasteiger partial charge in [-0.1, -0.05) is 18.7 Å². The first-order chi connectivity index (χ1) is 10.1. The molecule has 1 aliphatic rings. The smallest absolute Gasteiger partial charge is 0.211 e. The Bertz CT molecular complexity index is 645.